The van der Waals surface area contributed by atoms with Gasteiger partial charge in [0, 0.05) is 24.4 Å². The van der Waals surface area contributed by atoms with E-state index in [-0.39, 0.29) is 31.8 Å². The Morgan fingerprint density at radius 2 is 1.79 bits per heavy atom. The fraction of sp³-hybridized carbons (Fsp3) is 0.250. The average Bonchev–Trinajstić information content (AvgIpc) is 3.14. The zero-order valence-corrected chi connectivity index (χ0v) is 15.6. The molecule has 0 saturated carbocycles. The Morgan fingerprint density at radius 1 is 1.07 bits per heavy atom. The summed E-state index contributed by atoms with van der Waals surface area (Å²) in [5.74, 6) is 0.0338. The molecule has 146 valence electrons. The monoisotopic (exact) mass is 384 g/mol. The van der Waals surface area contributed by atoms with Gasteiger partial charge in [-0.2, -0.15) is 0 Å². The maximum atomic E-state index is 12.4. The van der Waals surface area contributed by atoms with E-state index in [1.54, 1.807) is 49.4 Å². The van der Waals surface area contributed by atoms with Crippen LogP contribution < -0.4 is 19.7 Å². The quantitative estimate of drug-likeness (QED) is 0.770. The Labute approximate surface area is 162 Å². The first kappa shape index (κ1) is 19.2. The van der Waals surface area contributed by atoms with Crippen molar-refractivity contribution >= 4 is 29.2 Å². The highest BCUT2D eigenvalue weighted by molar-refractivity contribution is 6.02. The number of benzene rings is 2. The minimum absolute atomic E-state index is 0.126. The molecule has 2 aromatic carbocycles. The molecule has 8 nitrogen and oxygen atoms in total. The molecule has 0 aliphatic carbocycles. The summed E-state index contributed by atoms with van der Waals surface area (Å²) in [4.78, 5) is 37.4. The van der Waals surface area contributed by atoms with E-state index in [2.05, 4.69) is 5.32 Å². The molecule has 0 saturated heterocycles. The summed E-state index contributed by atoms with van der Waals surface area (Å²) in [5.41, 5.74) is 1.43. The van der Waals surface area contributed by atoms with Crippen molar-refractivity contribution in [2.45, 2.75) is 13.8 Å². The van der Waals surface area contributed by atoms with Crippen LogP contribution in [0.2, 0.25) is 0 Å². The van der Waals surface area contributed by atoms with E-state index in [1.807, 2.05) is 0 Å². The highest BCUT2D eigenvalue weighted by Gasteiger charge is 2.20. The third kappa shape index (κ3) is 4.40. The number of carbonyl (C=O) groups is 3. The van der Waals surface area contributed by atoms with Crippen LogP contribution in [0.5, 0.6) is 11.5 Å². The Morgan fingerprint density at radius 3 is 2.46 bits per heavy atom. The van der Waals surface area contributed by atoms with E-state index >= 15 is 0 Å². The summed E-state index contributed by atoms with van der Waals surface area (Å²) >= 11 is 0. The van der Waals surface area contributed by atoms with E-state index < -0.39 is 5.97 Å². The van der Waals surface area contributed by atoms with Crippen LogP contribution in [0.4, 0.5) is 11.4 Å². The third-order valence-corrected chi connectivity index (χ3v) is 4.03. The number of fused-ring (bicyclic) bond motifs is 1. The lowest BCUT2D eigenvalue weighted by atomic mass is 10.2. The topological polar surface area (TPSA) is 94.2 Å². The normalized spacial score (nSPS) is 11.6. The summed E-state index contributed by atoms with van der Waals surface area (Å²) in [7, 11) is 0. The number of hydrogen-bond acceptors (Lipinski definition) is 6. The Bertz CT molecular complexity index is 894. The molecule has 2 amide bonds. The second kappa shape index (κ2) is 8.43. The van der Waals surface area contributed by atoms with Gasteiger partial charge in [-0.3, -0.25) is 9.59 Å². The average molecular weight is 384 g/mol. The number of ether oxygens (including phenoxy) is 3. The van der Waals surface area contributed by atoms with Gasteiger partial charge in [0.2, 0.25) is 18.6 Å². The van der Waals surface area contributed by atoms with Gasteiger partial charge in [0.1, 0.15) is 6.54 Å². The fourth-order valence-corrected chi connectivity index (χ4v) is 2.69. The first-order chi connectivity index (χ1) is 13.5. The summed E-state index contributed by atoms with van der Waals surface area (Å²) in [5, 5.41) is 2.71. The number of anilines is 2. The van der Waals surface area contributed by atoms with Crippen molar-refractivity contribution in [2.75, 3.05) is 30.2 Å². The minimum atomic E-state index is -0.425. The van der Waals surface area contributed by atoms with Crippen LogP contribution in [-0.4, -0.2) is 37.7 Å². The maximum absolute atomic E-state index is 12.4. The van der Waals surface area contributed by atoms with E-state index in [1.165, 1.54) is 11.8 Å². The molecule has 0 atom stereocenters. The molecule has 1 aliphatic rings. The van der Waals surface area contributed by atoms with Gasteiger partial charge in [0.25, 0.3) is 0 Å². The standard InChI is InChI=1S/C20H20N2O6/c1-3-26-20(25)14-4-6-15(7-5-14)21-19(24)11-22(13(2)23)16-8-9-17-18(10-16)28-12-27-17/h4-10H,3,11-12H2,1-2H3,(H,21,24). The van der Waals surface area contributed by atoms with Crippen LogP contribution in [-0.2, 0) is 14.3 Å². The molecule has 3 rings (SSSR count). The molecule has 0 aromatic heterocycles. The lowest BCUT2D eigenvalue weighted by molar-refractivity contribution is -0.120. The Kier molecular flexibility index (Phi) is 5.78. The maximum Gasteiger partial charge on any atom is 0.338 e. The lowest BCUT2D eigenvalue weighted by Crippen LogP contribution is -2.36. The Hall–Kier alpha value is -3.55. The minimum Gasteiger partial charge on any atom is -0.462 e. The van der Waals surface area contributed by atoms with Gasteiger partial charge in [0.05, 0.1) is 12.2 Å². The van der Waals surface area contributed by atoms with E-state index in [9.17, 15) is 14.4 Å². The molecule has 0 bridgehead atoms. The van der Waals surface area contributed by atoms with E-state index in [0.717, 1.165) is 0 Å². The molecule has 28 heavy (non-hydrogen) atoms. The van der Waals surface area contributed by atoms with Crippen molar-refractivity contribution in [3.63, 3.8) is 0 Å². The van der Waals surface area contributed by atoms with Gasteiger partial charge < -0.3 is 24.4 Å². The summed E-state index contributed by atoms with van der Waals surface area (Å²) in [6, 6.07) is 11.4. The number of nitrogens with zero attached hydrogens (tertiary/aromatic N) is 1. The van der Waals surface area contributed by atoms with Crippen LogP contribution in [0.25, 0.3) is 0 Å². The predicted octanol–water partition coefficient (Wildman–Crippen LogP) is 2.58. The molecule has 0 spiro atoms. The summed E-state index contributed by atoms with van der Waals surface area (Å²) < 4.78 is 15.5. The predicted molar refractivity (Wildman–Crippen MR) is 102 cm³/mol. The molecule has 1 heterocycles. The largest absolute Gasteiger partial charge is 0.462 e. The number of hydrogen-bond donors (Lipinski definition) is 1. The number of amides is 2. The zero-order valence-electron chi connectivity index (χ0n) is 15.6. The smallest absolute Gasteiger partial charge is 0.338 e. The van der Waals surface area contributed by atoms with Crippen LogP contribution >= 0.6 is 0 Å². The van der Waals surface area contributed by atoms with Gasteiger partial charge in [-0.15, -0.1) is 0 Å². The van der Waals surface area contributed by atoms with Gasteiger partial charge in [0.15, 0.2) is 11.5 Å². The van der Waals surface area contributed by atoms with E-state index in [0.29, 0.717) is 28.4 Å². The van der Waals surface area contributed by atoms with E-state index in [4.69, 9.17) is 14.2 Å². The number of nitrogens with one attached hydrogen (secondary N) is 1. The summed E-state index contributed by atoms with van der Waals surface area (Å²) in [6.45, 7) is 3.35. The Balaban J connectivity index is 1.66. The molecule has 1 aliphatic heterocycles. The van der Waals surface area contributed by atoms with Crippen LogP contribution in [0.3, 0.4) is 0 Å². The zero-order chi connectivity index (χ0) is 20.1. The first-order valence-corrected chi connectivity index (χ1v) is 8.72. The first-order valence-electron chi connectivity index (χ1n) is 8.72. The molecule has 0 fully saturated rings. The lowest BCUT2D eigenvalue weighted by Gasteiger charge is -2.21. The number of carbonyl (C=O) groups excluding carboxylic acids is 3. The van der Waals surface area contributed by atoms with Gasteiger partial charge in [-0.1, -0.05) is 0 Å². The summed E-state index contributed by atoms with van der Waals surface area (Å²) in [6.07, 6.45) is 0. The molecule has 0 radical (unpaired) electrons. The number of rotatable bonds is 6. The second-order valence-electron chi connectivity index (χ2n) is 5.99. The molecule has 8 heteroatoms. The van der Waals surface area contributed by atoms with Crippen LogP contribution in [0, 0.1) is 0 Å². The molecule has 0 unspecified atom stereocenters. The van der Waals surface area contributed by atoms with Crippen molar-refractivity contribution in [1.29, 1.82) is 0 Å². The highest BCUT2D eigenvalue weighted by Crippen LogP contribution is 2.35. The van der Waals surface area contributed by atoms with Crippen molar-refractivity contribution < 1.29 is 28.6 Å². The van der Waals surface area contributed by atoms with Crippen molar-refractivity contribution in [3.8, 4) is 11.5 Å². The molecule has 2 aromatic rings. The van der Waals surface area contributed by atoms with Crippen molar-refractivity contribution in [1.82, 2.24) is 0 Å². The van der Waals surface area contributed by atoms with Crippen molar-refractivity contribution in [2.24, 2.45) is 0 Å². The molecular weight excluding hydrogens is 364 g/mol. The van der Waals surface area contributed by atoms with Gasteiger partial charge in [-0.25, -0.2) is 4.79 Å². The van der Waals surface area contributed by atoms with Crippen molar-refractivity contribution in [3.05, 3.63) is 48.0 Å². The SMILES string of the molecule is CCOC(=O)c1ccc(NC(=O)CN(C(C)=O)c2ccc3c(c2)OCO3)cc1. The second-order valence-corrected chi connectivity index (χ2v) is 5.99. The fourth-order valence-electron chi connectivity index (χ4n) is 2.69. The molecule has 1 N–H and O–H groups in total. The molecular formula is C20H20N2O6. The highest BCUT2D eigenvalue weighted by atomic mass is 16.7. The van der Waals surface area contributed by atoms with Crippen LogP contribution in [0.15, 0.2) is 42.5 Å². The van der Waals surface area contributed by atoms with Gasteiger partial charge >= 0.3 is 5.97 Å². The third-order valence-electron chi connectivity index (χ3n) is 4.03. The van der Waals surface area contributed by atoms with Crippen LogP contribution in [0.1, 0.15) is 24.2 Å². The number of esters is 1. The van der Waals surface area contributed by atoms with Gasteiger partial charge in [-0.05, 0) is 43.3 Å².